The summed E-state index contributed by atoms with van der Waals surface area (Å²) in [5.41, 5.74) is 2.79. The Labute approximate surface area is 185 Å². The van der Waals surface area contributed by atoms with Crippen molar-refractivity contribution in [3.63, 3.8) is 0 Å². The minimum atomic E-state index is -1.59. The van der Waals surface area contributed by atoms with Crippen LogP contribution in [0.3, 0.4) is 0 Å². The minimum absolute atomic E-state index is 0.305. The zero-order valence-corrected chi connectivity index (χ0v) is 17.5. The van der Waals surface area contributed by atoms with Gasteiger partial charge in [-0.25, -0.2) is 4.90 Å². The first-order chi connectivity index (χ1) is 15.5. The standard InChI is InChI=1S/C27H21NO4/c1-2-15-9-3-8-14-20(15)28-24(29)22-21-16-10-4-6-12-18(16)27(26(31)32,23(22)25(28)30)19-13-7-5-11-17(19)21/h3-14,21-23H,2H2,1H3,(H,31,32)/t21?,22-,23-,27?/m0/s1. The molecule has 0 saturated carbocycles. The van der Waals surface area contributed by atoms with Gasteiger partial charge in [0, 0.05) is 5.92 Å². The van der Waals surface area contributed by atoms with E-state index in [9.17, 15) is 19.5 Å². The van der Waals surface area contributed by atoms with Gasteiger partial charge in [0.2, 0.25) is 11.8 Å². The van der Waals surface area contributed by atoms with Crippen LogP contribution in [0.2, 0.25) is 0 Å². The molecular formula is C27H21NO4. The van der Waals surface area contributed by atoms with Gasteiger partial charge in [0.1, 0.15) is 5.41 Å². The van der Waals surface area contributed by atoms with Crippen LogP contribution in [0, 0.1) is 11.8 Å². The number of aryl methyl sites for hydroxylation is 1. The number of anilines is 1. The number of benzene rings is 3. The first kappa shape index (κ1) is 19.0. The second-order valence-electron chi connectivity index (χ2n) is 8.76. The number of amides is 2. The maximum absolute atomic E-state index is 14.0. The molecule has 0 unspecified atom stereocenters. The Kier molecular flexibility index (Phi) is 3.79. The first-order valence-electron chi connectivity index (χ1n) is 10.9. The molecule has 2 amide bonds. The molecule has 2 atom stereocenters. The van der Waals surface area contributed by atoms with Crippen LogP contribution in [0.5, 0.6) is 0 Å². The van der Waals surface area contributed by atoms with Gasteiger partial charge in [0.15, 0.2) is 0 Å². The van der Waals surface area contributed by atoms with E-state index in [2.05, 4.69) is 0 Å². The number of aliphatic carboxylic acids is 1. The molecule has 0 spiro atoms. The molecule has 1 fully saturated rings. The van der Waals surface area contributed by atoms with E-state index in [1.165, 1.54) is 4.90 Å². The summed E-state index contributed by atoms with van der Waals surface area (Å²) in [6.45, 7) is 1.98. The number of carbonyl (C=O) groups is 3. The summed E-state index contributed by atoms with van der Waals surface area (Å²) < 4.78 is 0. The van der Waals surface area contributed by atoms with Gasteiger partial charge in [-0.2, -0.15) is 0 Å². The molecule has 7 rings (SSSR count). The topological polar surface area (TPSA) is 74.7 Å². The summed E-state index contributed by atoms with van der Waals surface area (Å²) in [4.78, 5) is 42.3. The molecule has 5 nitrogen and oxygen atoms in total. The van der Waals surface area contributed by atoms with Crippen molar-refractivity contribution in [3.8, 4) is 0 Å². The fourth-order valence-corrected chi connectivity index (χ4v) is 6.40. The number of carbonyl (C=O) groups excluding carboxylic acids is 2. The van der Waals surface area contributed by atoms with Crippen LogP contribution in [0.25, 0.3) is 0 Å². The van der Waals surface area contributed by atoms with Crippen molar-refractivity contribution in [3.05, 3.63) is 101 Å². The van der Waals surface area contributed by atoms with Crippen LogP contribution in [0.15, 0.2) is 72.8 Å². The summed E-state index contributed by atoms with van der Waals surface area (Å²) in [5, 5.41) is 10.7. The summed E-state index contributed by atoms with van der Waals surface area (Å²) in [5.74, 6) is -3.88. The van der Waals surface area contributed by atoms with E-state index in [1.54, 1.807) is 6.07 Å². The highest BCUT2D eigenvalue weighted by Gasteiger charge is 2.71. The molecule has 2 bridgehead atoms. The molecule has 158 valence electrons. The zero-order chi connectivity index (χ0) is 22.2. The van der Waals surface area contributed by atoms with Crippen molar-refractivity contribution in [1.29, 1.82) is 0 Å². The third-order valence-corrected chi connectivity index (χ3v) is 7.57. The second kappa shape index (κ2) is 6.39. The van der Waals surface area contributed by atoms with Crippen LogP contribution in [0.4, 0.5) is 5.69 Å². The van der Waals surface area contributed by atoms with Gasteiger partial charge < -0.3 is 5.11 Å². The Morgan fingerprint density at radius 1 is 0.875 bits per heavy atom. The molecule has 4 aliphatic rings. The van der Waals surface area contributed by atoms with Crippen molar-refractivity contribution >= 4 is 23.5 Å². The summed E-state index contributed by atoms with van der Waals surface area (Å²) in [6.07, 6.45) is 0.663. The lowest BCUT2D eigenvalue weighted by molar-refractivity contribution is -0.149. The number of carboxylic acid groups (broad SMARTS) is 1. The molecule has 1 N–H and O–H groups in total. The molecule has 1 saturated heterocycles. The molecule has 0 aromatic heterocycles. The number of imide groups is 1. The lowest BCUT2D eigenvalue weighted by Gasteiger charge is -2.51. The smallest absolute Gasteiger partial charge is 0.319 e. The van der Waals surface area contributed by atoms with E-state index in [1.807, 2.05) is 73.7 Å². The van der Waals surface area contributed by atoms with Crippen molar-refractivity contribution in [1.82, 2.24) is 0 Å². The van der Waals surface area contributed by atoms with Crippen LogP contribution >= 0.6 is 0 Å². The number of para-hydroxylation sites is 1. The van der Waals surface area contributed by atoms with Crippen LogP contribution in [0.1, 0.15) is 40.7 Å². The quantitative estimate of drug-likeness (QED) is 0.649. The molecule has 1 aliphatic heterocycles. The minimum Gasteiger partial charge on any atom is -0.480 e. The fraction of sp³-hybridized carbons (Fsp3) is 0.222. The Balaban J connectivity index is 1.67. The monoisotopic (exact) mass is 423 g/mol. The molecule has 1 heterocycles. The highest BCUT2D eigenvalue weighted by molar-refractivity contribution is 6.25. The van der Waals surface area contributed by atoms with E-state index >= 15 is 0 Å². The second-order valence-corrected chi connectivity index (χ2v) is 8.76. The van der Waals surface area contributed by atoms with Crippen LogP contribution < -0.4 is 4.90 Å². The Morgan fingerprint density at radius 3 is 2.03 bits per heavy atom. The third-order valence-electron chi connectivity index (χ3n) is 7.57. The molecule has 3 aromatic carbocycles. The van der Waals surface area contributed by atoms with Gasteiger partial charge in [-0.05, 0) is 40.3 Å². The van der Waals surface area contributed by atoms with Gasteiger partial charge in [-0.1, -0.05) is 73.7 Å². The predicted molar refractivity (Wildman–Crippen MR) is 118 cm³/mol. The Morgan fingerprint density at radius 2 is 1.44 bits per heavy atom. The Hall–Kier alpha value is -3.73. The molecule has 3 aliphatic carbocycles. The van der Waals surface area contributed by atoms with Crippen molar-refractivity contribution in [2.45, 2.75) is 24.7 Å². The number of nitrogens with zero attached hydrogens (tertiary/aromatic N) is 1. The highest BCUT2D eigenvalue weighted by Crippen LogP contribution is 2.64. The number of hydrogen-bond donors (Lipinski definition) is 1. The lowest BCUT2D eigenvalue weighted by atomic mass is 9.47. The number of carboxylic acids is 1. The average molecular weight is 423 g/mol. The fourth-order valence-electron chi connectivity index (χ4n) is 6.40. The number of rotatable bonds is 3. The van der Waals surface area contributed by atoms with Gasteiger partial charge in [-0.3, -0.25) is 14.4 Å². The van der Waals surface area contributed by atoms with Gasteiger partial charge in [0.25, 0.3) is 0 Å². The van der Waals surface area contributed by atoms with E-state index in [0.29, 0.717) is 23.2 Å². The van der Waals surface area contributed by atoms with Crippen molar-refractivity contribution in [2.75, 3.05) is 4.90 Å². The largest absolute Gasteiger partial charge is 0.480 e. The van der Waals surface area contributed by atoms with E-state index < -0.39 is 29.1 Å². The van der Waals surface area contributed by atoms with E-state index in [4.69, 9.17) is 0 Å². The molecule has 3 aromatic rings. The molecular weight excluding hydrogens is 402 g/mol. The maximum atomic E-state index is 14.0. The first-order valence-corrected chi connectivity index (χ1v) is 10.9. The third kappa shape index (κ3) is 2.01. The summed E-state index contributed by atoms with van der Waals surface area (Å²) in [6, 6.07) is 22.2. The van der Waals surface area contributed by atoms with Gasteiger partial charge in [-0.15, -0.1) is 0 Å². The van der Waals surface area contributed by atoms with E-state index in [0.717, 1.165) is 16.7 Å². The van der Waals surface area contributed by atoms with Crippen LogP contribution in [-0.4, -0.2) is 22.9 Å². The normalized spacial score (nSPS) is 27.2. The van der Waals surface area contributed by atoms with Gasteiger partial charge in [0.05, 0.1) is 17.5 Å². The molecule has 0 radical (unpaired) electrons. The highest BCUT2D eigenvalue weighted by atomic mass is 16.4. The molecule has 32 heavy (non-hydrogen) atoms. The number of hydrogen-bond acceptors (Lipinski definition) is 3. The van der Waals surface area contributed by atoms with E-state index in [-0.39, 0.29) is 11.8 Å². The SMILES string of the molecule is CCc1ccccc1N1C(=O)[C@@H]2[C@@H](C1=O)C1c3ccccc3C2(C(=O)O)c2ccccc21. The maximum Gasteiger partial charge on any atom is 0.319 e. The average Bonchev–Trinajstić information content (AvgIpc) is 3.09. The van der Waals surface area contributed by atoms with Gasteiger partial charge >= 0.3 is 5.97 Å². The lowest BCUT2D eigenvalue weighted by Crippen LogP contribution is -2.57. The van der Waals surface area contributed by atoms with Crippen molar-refractivity contribution < 1.29 is 19.5 Å². The summed E-state index contributed by atoms with van der Waals surface area (Å²) in [7, 11) is 0. The Bertz CT molecular complexity index is 1280. The van der Waals surface area contributed by atoms with Crippen LogP contribution in [-0.2, 0) is 26.2 Å². The summed E-state index contributed by atoms with van der Waals surface area (Å²) >= 11 is 0. The zero-order valence-electron chi connectivity index (χ0n) is 17.5. The van der Waals surface area contributed by atoms with Crippen molar-refractivity contribution in [2.24, 2.45) is 11.8 Å². The predicted octanol–water partition coefficient (Wildman–Crippen LogP) is 3.88. The molecule has 5 heteroatoms.